The third-order valence-corrected chi connectivity index (χ3v) is 3.84. The van der Waals surface area contributed by atoms with E-state index in [4.69, 9.17) is 0 Å². The van der Waals surface area contributed by atoms with Gasteiger partial charge in [-0.2, -0.15) is 0 Å². The van der Waals surface area contributed by atoms with Gasteiger partial charge in [-0.1, -0.05) is 22.3 Å². The molecule has 0 amide bonds. The summed E-state index contributed by atoms with van der Waals surface area (Å²) in [5.41, 5.74) is 4.16. The van der Waals surface area contributed by atoms with Gasteiger partial charge in [-0.3, -0.25) is 0 Å². The number of benzene rings is 1. The maximum absolute atomic E-state index is 12.1. The Morgan fingerprint density at radius 3 is 2.00 bits per heavy atom. The van der Waals surface area contributed by atoms with Gasteiger partial charge in [-0.25, -0.2) is 4.79 Å². The topological polar surface area (TPSA) is 34.1 Å². The zero-order valence-electron chi connectivity index (χ0n) is 11.0. The Hall–Kier alpha value is -1.27. The molecular formula is C14H18O2P+. The average Bonchev–Trinajstić information content (AvgIpc) is 2.14. The molecule has 2 nitrogen and oxygen atoms in total. The van der Waals surface area contributed by atoms with Gasteiger partial charge in [-0.15, -0.1) is 0 Å². The van der Waals surface area contributed by atoms with E-state index in [1.165, 1.54) is 5.82 Å². The minimum Gasteiger partial charge on any atom is -0.234 e. The van der Waals surface area contributed by atoms with Crippen molar-refractivity contribution in [3.8, 4) is 0 Å². The van der Waals surface area contributed by atoms with Crippen molar-refractivity contribution in [3.05, 3.63) is 45.8 Å². The second-order valence-corrected chi connectivity index (χ2v) is 5.93. The van der Waals surface area contributed by atoms with Crippen LogP contribution in [-0.4, -0.2) is 5.52 Å². The molecule has 1 aromatic rings. The molecule has 0 fully saturated rings. The maximum atomic E-state index is 12.1. The maximum Gasteiger partial charge on any atom is 0.450 e. The predicted molar refractivity (Wildman–Crippen MR) is 72.0 cm³/mol. The molecule has 17 heavy (non-hydrogen) atoms. The van der Waals surface area contributed by atoms with Gasteiger partial charge in [-0.05, 0) is 51.3 Å². The molecule has 0 aliphatic rings. The fourth-order valence-electron chi connectivity index (χ4n) is 1.92. The summed E-state index contributed by atoms with van der Waals surface area (Å²) in [6.07, 6.45) is 0. The third-order valence-electron chi connectivity index (χ3n) is 2.47. The molecular weight excluding hydrogens is 231 g/mol. The lowest BCUT2D eigenvalue weighted by atomic mass is 10.0. The SMILES string of the molecule is CC(C)=C[P+](=O)C(=O)c1c(C)cc(C)cc1C. The van der Waals surface area contributed by atoms with Crippen LogP contribution in [-0.2, 0) is 4.57 Å². The van der Waals surface area contributed by atoms with Crippen LogP contribution in [0.15, 0.2) is 23.5 Å². The second kappa shape index (κ2) is 5.37. The molecule has 0 saturated carbocycles. The minimum absolute atomic E-state index is 0.267. The second-order valence-electron chi connectivity index (χ2n) is 4.61. The molecule has 0 radical (unpaired) electrons. The van der Waals surface area contributed by atoms with Gasteiger partial charge in [0, 0.05) is 0 Å². The first kappa shape index (κ1) is 13.8. The van der Waals surface area contributed by atoms with E-state index in [9.17, 15) is 9.36 Å². The van der Waals surface area contributed by atoms with Crippen LogP contribution in [0.2, 0.25) is 0 Å². The average molecular weight is 249 g/mol. The van der Waals surface area contributed by atoms with Gasteiger partial charge in [0.15, 0.2) is 5.82 Å². The van der Waals surface area contributed by atoms with E-state index < -0.39 is 7.80 Å². The Labute approximate surface area is 104 Å². The fraction of sp³-hybridized carbons (Fsp3) is 0.357. The summed E-state index contributed by atoms with van der Waals surface area (Å²) in [6, 6.07) is 3.90. The number of hydrogen-bond donors (Lipinski definition) is 0. The fourth-order valence-corrected chi connectivity index (χ4v) is 3.08. The molecule has 1 rings (SSSR count). The van der Waals surface area contributed by atoms with Crippen molar-refractivity contribution in [2.45, 2.75) is 34.6 Å². The predicted octanol–water partition coefficient (Wildman–Crippen LogP) is 4.50. The van der Waals surface area contributed by atoms with Crippen LogP contribution in [0.25, 0.3) is 0 Å². The van der Waals surface area contributed by atoms with E-state index in [2.05, 4.69) is 0 Å². The van der Waals surface area contributed by atoms with Crippen molar-refractivity contribution < 1.29 is 9.36 Å². The lowest BCUT2D eigenvalue weighted by Gasteiger charge is -2.04. The number of aryl methyl sites for hydroxylation is 3. The highest BCUT2D eigenvalue weighted by atomic mass is 31.1. The summed E-state index contributed by atoms with van der Waals surface area (Å²) in [7, 11) is -1.95. The molecule has 1 aromatic carbocycles. The van der Waals surface area contributed by atoms with Gasteiger partial charge in [0.1, 0.15) is 0 Å². The van der Waals surface area contributed by atoms with E-state index in [0.29, 0.717) is 5.56 Å². The molecule has 0 heterocycles. The number of carbonyl (C=O) groups excluding carboxylic acids is 1. The number of carbonyl (C=O) groups is 1. The zero-order chi connectivity index (χ0) is 13.2. The van der Waals surface area contributed by atoms with Crippen molar-refractivity contribution in [1.29, 1.82) is 0 Å². The Kier molecular flexibility index (Phi) is 4.36. The highest BCUT2D eigenvalue weighted by molar-refractivity contribution is 7.67. The van der Waals surface area contributed by atoms with Crippen LogP contribution in [0.4, 0.5) is 0 Å². The first-order valence-corrected chi connectivity index (χ1v) is 6.89. The number of rotatable bonds is 3. The summed E-state index contributed by atoms with van der Waals surface area (Å²) in [6.45, 7) is 9.45. The van der Waals surface area contributed by atoms with Gasteiger partial charge in [0.05, 0.1) is 5.56 Å². The highest BCUT2D eigenvalue weighted by Crippen LogP contribution is 2.32. The molecule has 90 valence electrons. The Bertz CT molecular complexity index is 486. The van der Waals surface area contributed by atoms with Gasteiger partial charge >= 0.3 is 13.3 Å². The Balaban J connectivity index is 3.22. The standard InChI is InChI=1S/C14H18O2P/c1-9(2)8-17(16)14(15)13-11(4)6-10(3)7-12(13)5/h6-8H,1-5H3/q+1. The van der Waals surface area contributed by atoms with Crippen LogP contribution >= 0.6 is 7.80 Å². The van der Waals surface area contributed by atoms with Gasteiger partial charge < -0.3 is 0 Å². The van der Waals surface area contributed by atoms with E-state index in [1.54, 1.807) is 0 Å². The van der Waals surface area contributed by atoms with E-state index in [1.807, 2.05) is 46.8 Å². The lowest BCUT2D eigenvalue weighted by molar-refractivity contribution is 0.107. The number of allylic oxidation sites excluding steroid dienone is 1. The highest BCUT2D eigenvalue weighted by Gasteiger charge is 2.30. The number of hydrogen-bond acceptors (Lipinski definition) is 2. The summed E-state index contributed by atoms with van der Waals surface area (Å²) in [4.78, 5) is 12.1. The summed E-state index contributed by atoms with van der Waals surface area (Å²) in [5.74, 6) is 1.54. The summed E-state index contributed by atoms with van der Waals surface area (Å²) in [5, 5.41) is 0. The first-order chi connectivity index (χ1) is 7.82. The van der Waals surface area contributed by atoms with Crippen LogP contribution in [0.5, 0.6) is 0 Å². The first-order valence-electron chi connectivity index (χ1n) is 5.56. The molecule has 0 N–H and O–H groups in total. The third kappa shape index (κ3) is 3.34. The molecule has 0 aromatic heterocycles. The van der Waals surface area contributed by atoms with E-state index in [0.717, 1.165) is 22.3 Å². The van der Waals surface area contributed by atoms with Gasteiger partial charge in [0.25, 0.3) is 0 Å². The smallest absolute Gasteiger partial charge is 0.234 e. The quantitative estimate of drug-likeness (QED) is 0.739. The molecule has 1 atom stereocenters. The lowest BCUT2D eigenvalue weighted by Crippen LogP contribution is -2.00. The molecule has 0 saturated heterocycles. The van der Waals surface area contributed by atoms with Crippen molar-refractivity contribution in [3.63, 3.8) is 0 Å². The van der Waals surface area contributed by atoms with Crippen molar-refractivity contribution in [2.75, 3.05) is 0 Å². The molecule has 3 heteroatoms. The van der Waals surface area contributed by atoms with Crippen LogP contribution < -0.4 is 0 Å². The summed E-state index contributed by atoms with van der Waals surface area (Å²) < 4.78 is 11.9. The van der Waals surface area contributed by atoms with Crippen molar-refractivity contribution in [2.24, 2.45) is 0 Å². The zero-order valence-corrected chi connectivity index (χ0v) is 11.9. The molecule has 0 bridgehead atoms. The summed E-state index contributed by atoms with van der Waals surface area (Å²) >= 11 is 0. The van der Waals surface area contributed by atoms with E-state index >= 15 is 0 Å². The molecule has 0 spiro atoms. The Morgan fingerprint density at radius 1 is 1.12 bits per heavy atom. The molecule has 1 unspecified atom stereocenters. The van der Waals surface area contributed by atoms with Crippen molar-refractivity contribution in [1.82, 2.24) is 0 Å². The van der Waals surface area contributed by atoms with Crippen LogP contribution in [0, 0.1) is 20.8 Å². The molecule has 0 aliphatic carbocycles. The monoisotopic (exact) mass is 249 g/mol. The van der Waals surface area contributed by atoms with E-state index in [-0.39, 0.29) is 5.52 Å². The van der Waals surface area contributed by atoms with Gasteiger partial charge in [0.2, 0.25) is 0 Å². The van der Waals surface area contributed by atoms with Crippen LogP contribution in [0.1, 0.15) is 40.9 Å². The Morgan fingerprint density at radius 2 is 1.59 bits per heavy atom. The minimum atomic E-state index is -1.95. The van der Waals surface area contributed by atoms with Crippen molar-refractivity contribution >= 4 is 13.3 Å². The van der Waals surface area contributed by atoms with Crippen LogP contribution in [0.3, 0.4) is 0 Å². The normalized spacial score (nSPS) is 11.0. The molecule has 0 aliphatic heterocycles. The largest absolute Gasteiger partial charge is 0.450 e.